The van der Waals surface area contributed by atoms with Crippen molar-refractivity contribution in [3.05, 3.63) is 47.5 Å². The average Bonchev–Trinajstić information content (AvgIpc) is 2.94. The molecular formula is C29H34F5N5O3. The van der Waals surface area contributed by atoms with E-state index in [-0.39, 0.29) is 22.5 Å². The number of likely N-dealkylation sites (N-methyl/N-ethyl adjacent to an activating group) is 1. The van der Waals surface area contributed by atoms with Crippen molar-refractivity contribution >= 4 is 23.2 Å². The number of halogens is 5. The number of alkyl halides is 3. The Morgan fingerprint density at radius 2 is 1.74 bits per heavy atom. The van der Waals surface area contributed by atoms with Crippen molar-refractivity contribution in [3.8, 4) is 11.1 Å². The maximum atomic E-state index is 15.9. The molecule has 0 aromatic heterocycles. The maximum absolute atomic E-state index is 15.9. The molecule has 3 aliphatic heterocycles. The number of morpholine rings is 1. The predicted octanol–water partition coefficient (Wildman–Crippen LogP) is 3.47. The lowest BCUT2D eigenvalue weighted by Gasteiger charge is -2.36. The quantitative estimate of drug-likeness (QED) is 0.499. The summed E-state index contributed by atoms with van der Waals surface area (Å²) in [6.45, 7) is 4.72. The number of carbonyl (C=O) groups excluding carboxylic acids is 2. The third kappa shape index (κ3) is 6.84. The van der Waals surface area contributed by atoms with E-state index < -0.39 is 54.4 Å². The fourth-order valence-electron chi connectivity index (χ4n) is 5.74. The lowest BCUT2D eigenvalue weighted by atomic mass is 9.84. The highest BCUT2D eigenvalue weighted by atomic mass is 19.4. The lowest BCUT2D eigenvalue weighted by Crippen LogP contribution is -2.50. The van der Waals surface area contributed by atoms with Gasteiger partial charge >= 0.3 is 6.18 Å². The molecular weight excluding hydrogens is 561 g/mol. The number of carbonyl (C=O) groups is 2. The van der Waals surface area contributed by atoms with Crippen LogP contribution in [0.4, 0.5) is 33.3 Å². The molecule has 0 spiro atoms. The number of nitrogens with zero attached hydrogens (tertiary/aromatic N) is 3. The molecule has 2 N–H and O–H groups in total. The second-order valence-electron chi connectivity index (χ2n) is 11.1. The van der Waals surface area contributed by atoms with Crippen LogP contribution in [0.1, 0.15) is 12.0 Å². The van der Waals surface area contributed by atoms with Gasteiger partial charge in [0.2, 0.25) is 11.8 Å². The largest absolute Gasteiger partial charge is 0.393 e. The summed E-state index contributed by atoms with van der Waals surface area (Å²) in [4.78, 5) is 31.0. The van der Waals surface area contributed by atoms with Crippen molar-refractivity contribution in [1.82, 2.24) is 15.1 Å². The molecule has 42 heavy (non-hydrogen) atoms. The van der Waals surface area contributed by atoms with Gasteiger partial charge in [-0.15, -0.1) is 0 Å². The van der Waals surface area contributed by atoms with Crippen LogP contribution >= 0.6 is 0 Å². The van der Waals surface area contributed by atoms with Gasteiger partial charge in [0.1, 0.15) is 11.6 Å². The monoisotopic (exact) mass is 595 g/mol. The molecule has 13 heteroatoms. The second-order valence-corrected chi connectivity index (χ2v) is 11.1. The summed E-state index contributed by atoms with van der Waals surface area (Å²) in [5, 5.41) is 4.85. The summed E-state index contributed by atoms with van der Waals surface area (Å²) < 4.78 is 77.8. The first kappa shape index (κ1) is 30.2. The van der Waals surface area contributed by atoms with Gasteiger partial charge in [0.25, 0.3) is 0 Å². The molecule has 2 aromatic rings. The number of anilines is 2. The molecule has 228 valence electrons. The molecule has 0 saturated carbocycles. The Labute approximate surface area is 240 Å². The highest BCUT2D eigenvalue weighted by Gasteiger charge is 2.50. The van der Waals surface area contributed by atoms with Crippen LogP contribution in [0.15, 0.2) is 30.3 Å². The summed E-state index contributed by atoms with van der Waals surface area (Å²) in [5.74, 6) is -6.90. The summed E-state index contributed by atoms with van der Waals surface area (Å²) in [5.41, 5.74) is 1.04. The van der Waals surface area contributed by atoms with Crippen molar-refractivity contribution in [2.75, 3.05) is 76.3 Å². The highest BCUT2D eigenvalue weighted by Crippen LogP contribution is 2.40. The minimum Gasteiger partial charge on any atom is -0.379 e. The van der Waals surface area contributed by atoms with Gasteiger partial charge in [0.15, 0.2) is 0 Å². The van der Waals surface area contributed by atoms with Crippen LogP contribution in [0.25, 0.3) is 11.1 Å². The van der Waals surface area contributed by atoms with Crippen LogP contribution in [0.2, 0.25) is 0 Å². The Morgan fingerprint density at radius 3 is 2.43 bits per heavy atom. The summed E-state index contributed by atoms with van der Waals surface area (Å²) in [6, 6.07) is 7.18. The number of benzene rings is 2. The van der Waals surface area contributed by atoms with Gasteiger partial charge in [-0.25, -0.2) is 8.78 Å². The van der Waals surface area contributed by atoms with Crippen molar-refractivity contribution in [2.24, 2.45) is 11.8 Å². The zero-order valence-electron chi connectivity index (χ0n) is 23.3. The van der Waals surface area contributed by atoms with Crippen LogP contribution in [-0.4, -0.2) is 93.9 Å². The summed E-state index contributed by atoms with van der Waals surface area (Å²) in [6.07, 6.45) is -5.65. The van der Waals surface area contributed by atoms with Crippen molar-refractivity contribution in [1.29, 1.82) is 0 Å². The van der Waals surface area contributed by atoms with Gasteiger partial charge < -0.3 is 25.2 Å². The first-order chi connectivity index (χ1) is 20.0. The molecule has 3 heterocycles. The van der Waals surface area contributed by atoms with Gasteiger partial charge in [-0.3, -0.25) is 14.5 Å². The number of piperidine rings is 1. The highest BCUT2D eigenvalue weighted by molar-refractivity contribution is 5.98. The third-order valence-corrected chi connectivity index (χ3v) is 8.16. The average molecular weight is 596 g/mol. The number of nitrogens with one attached hydrogen (secondary N) is 2. The van der Waals surface area contributed by atoms with Gasteiger partial charge in [-0.1, -0.05) is 6.07 Å². The maximum Gasteiger partial charge on any atom is 0.393 e. The van der Waals surface area contributed by atoms with Crippen molar-refractivity contribution in [2.45, 2.75) is 19.1 Å². The van der Waals surface area contributed by atoms with Crippen molar-refractivity contribution in [3.63, 3.8) is 0 Å². The molecule has 3 fully saturated rings. The number of ether oxygens (including phenoxy) is 1. The van der Waals surface area contributed by atoms with Crippen LogP contribution < -0.4 is 15.5 Å². The molecule has 0 bridgehead atoms. The van der Waals surface area contributed by atoms with E-state index in [4.69, 9.17) is 4.74 Å². The number of rotatable bonds is 6. The van der Waals surface area contributed by atoms with Crippen molar-refractivity contribution < 1.29 is 36.3 Å². The van der Waals surface area contributed by atoms with E-state index in [1.807, 2.05) is 7.05 Å². The normalized spacial score (nSPS) is 22.6. The van der Waals surface area contributed by atoms with Gasteiger partial charge in [-0.2, -0.15) is 13.2 Å². The minimum absolute atomic E-state index is 0.0356. The molecule has 2 atom stereocenters. The lowest BCUT2D eigenvalue weighted by molar-refractivity contribution is -0.197. The van der Waals surface area contributed by atoms with E-state index >= 15 is 8.78 Å². The van der Waals surface area contributed by atoms with Gasteiger partial charge in [0, 0.05) is 64.3 Å². The van der Waals surface area contributed by atoms with E-state index in [1.54, 1.807) is 17.0 Å². The molecule has 3 aliphatic rings. The SMILES string of the molecule is CN1CCN(c2c(F)cc(-c3cc(CN4CCOCC4)ccc3F)cc2NC(=O)C2CNC(=O)CC2C(F)(F)F)CC1. The van der Waals surface area contributed by atoms with E-state index in [1.165, 1.54) is 18.2 Å². The van der Waals surface area contributed by atoms with Gasteiger partial charge in [-0.05, 0) is 42.4 Å². The van der Waals surface area contributed by atoms with E-state index in [9.17, 15) is 22.8 Å². The number of hydrogen-bond donors (Lipinski definition) is 2. The molecule has 8 nitrogen and oxygen atoms in total. The number of hydrogen-bond acceptors (Lipinski definition) is 6. The Balaban J connectivity index is 1.50. The fraction of sp³-hybridized carbons (Fsp3) is 0.517. The van der Waals surface area contributed by atoms with Crippen LogP contribution in [0.3, 0.4) is 0 Å². The van der Waals surface area contributed by atoms with E-state index in [0.29, 0.717) is 45.9 Å². The van der Waals surface area contributed by atoms with Crippen LogP contribution in [-0.2, 0) is 20.9 Å². The Morgan fingerprint density at radius 1 is 1.02 bits per heavy atom. The fourth-order valence-corrected chi connectivity index (χ4v) is 5.74. The Bertz CT molecular complexity index is 1310. The molecule has 2 aromatic carbocycles. The standard InChI is InChI=1S/C29H34F5N5O3/c1-37-4-6-39(7-5-37)27-24(31)13-19(20-12-18(2-3-23(20)30)17-38-8-10-42-11-9-38)14-25(27)36-28(41)21-16-35-26(40)15-22(21)29(32,33)34/h2-3,12-14,21-22H,4-11,15-17H2,1H3,(H,35,40)(H,36,41). The predicted molar refractivity (Wildman–Crippen MR) is 147 cm³/mol. The second kappa shape index (κ2) is 12.5. The molecule has 2 amide bonds. The zero-order valence-corrected chi connectivity index (χ0v) is 23.3. The van der Waals surface area contributed by atoms with Crippen LogP contribution in [0.5, 0.6) is 0 Å². The topological polar surface area (TPSA) is 77.2 Å². The Kier molecular flexibility index (Phi) is 9.00. The molecule has 0 aliphatic carbocycles. The molecule has 5 rings (SSSR count). The van der Waals surface area contributed by atoms with E-state index in [2.05, 4.69) is 20.4 Å². The first-order valence-electron chi connectivity index (χ1n) is 14.0. The Hall–Kier alpha value is -3.29. The first-order valence-corrected chi connectivity index (χ1v) is 14.0. The summed E-state index contributed by atoms with van der Waals surface area (Å²) >= 11 is 0. The van der Waals surface area contributed by atoms with E-state index in [0.717, 1.165) is 18.7 Å². The smallest absolute Gasteiger partial charge is 0.379 e. The number of piperazine rings is 1. The molecule has 2 unspecified atom stereocenters. The zero-order chi connectivity index (χ0) is 30.0. The molecule has 0 radical (unpaired) electrons. The van der Waals surface area contributed by atoms with Gasteiger partial charge in [0.05, 0.1) is 36.4 Å². The third-order valence-electron chi connectivity index (χ3n) is 8.16. The molecule has 3 saturated heterocycles. The van der Waals surface area contributed by atoms with Crippen LogP contribution in [0, 0.1) is 23.5 Å². The summed E-state index contributed by atoms with van der Waals surface area (Å²) in [7, 11) is 1.92. The number of amides is 2. The minimum atomic E-state index is -4.78.